The summed E-state index contributed by atoms with van der Waals surface area (Å²) in [5.74, 6) is 2.60. The monoisotopic (exact) mass is 382 g/mol. The van der Waals surface area contributed by atoms with Crippen LogP contribution in [0.25, 0.3) is 0 Å². The molecule has 5 rings (SSSR count). The van der Waals surface area contributed by atoms with E-state index in [1.165, 1.54) is 19.3 Å². The molecule has 0 aromatic heterocycles. The number of hydrogen-bond donors (Lipinski definition) is 2. The van der Waals surface area contributed by atoms with Gasteiger partial charge < -0.3 is 10.6 Å². The minimum Gasteiger partial charge on any atom is -0.352 e. The average Bonchev–Trinajstić information content (AvgIpc) is 2.69. The zero-order valence-electron chi connectivity index (χ0n) is 17.3. The largest absolute Gasteiger partial charge is 0.352 e. The van der Waals surface area contributed by atoms with Gasteiger partial charge in [-0.15, -0.1) is 0 Å². The summed E-state index contributed by atoms with van der Waals surface area (Å²) >= 11 is 0. The number of carbonyl (C=O) groups excluding carboxylic acids is 2. The molecule has 1 aromatic carbocycles. The second kappa shape index (κ2) is 7.88. The van der Waals surface area contributed by atoms with E-state index in [0.29, 0.717) is 12.1 Å². The van der Waals surface area contributed by atoms with E-state index in [2.05, 4.69) is 24.5 Å². The molecule has 1 aromatic rings. The van der Waals surface area contributed by atoms with Gasteiger partial charge in [0.1, 0.15) is 0 Å². The lowest BCUT2D eigenvalue weighted by atomic mass is 9.49. The Morgan fingerprint density at radius 1 is 0.964 bits per heavy atom. The average molecular weight is 383 g/mol. The summed E-state index contributed by atoms with van der Waals surface area (Å²) in [6.45, 7) is 4.73. The fraction of sp³-hybridized carbons (Fsp3) is 0.667. The second-order valence-electron chi connectivity index (χ2n) is 9.56. The van der Waals surface area contributed by atoms with E-state index < -0.39 is 0 Å². The molecule has 152 valence electrons. The van der Waals surface area contributed by atoms with Gasteiger partial charge in [-0.05, 0) is 86.8 Å². The van der Waals surface area contributed by atoms with Crippen molar-refractivity contribution in [1.29, 1.82) is 0 Å². The highest BCUT2D eigenvalue weighted by molar-refractivity contribution is 5.94. The summed E-state index contributed by atoms with van der Waals surface area (Å²) in [5.41, 5.74) is 1.64. The molecule has 4 heteroatoms. The van der Waals surface area contributed by atoms with Crippen LogP contribution in [0.3, 0.4) is 0 Å². The number of carbonyl (C=O) groups is 2. The van der Waals surface area contributed by atoms with E-state index in [-0.39, 0.29) is 23.3 Å². The Kier molecular flexibility index (Phi) is 5.48. The van der Waals surface area contributed by atoms with Crippen molar-refractivity contribution in [2.24, 2.45) is 23.2 Å². The molecule has 4 aliphatic rings. The number of amides is 2. The Bertz CT molecular complexity index is 685. The topological polar surface area (TPSA) is 58.2 Å². The van der Waals surface area contributed by atoms with Crippen LogP contribution in [0.5, 0.6) is 0 Å². The summed E-state index contributed by atoms with van der Waals surface area (Å²) in [4.78, 5) is 25.4. The van der Waals surface area contributed by atoms with Crippen molar-refractivity contribution in [3.05, 3.63) is 35.4 Å². The SMILES string of the molecule is CCC(CC)NC(=O)c1ccc(CNC(=O)C23CC4CC(CC(C4)C2)C3)cc1. The van der Waals surface area contributed by atoms with Gasteiger partial charge >= 0.3 is 0 Å². The second-order valence-corrected chi connectivity index (χ2v) is 9.56. The maximum absolute atomic E-state index is 13.1. The van der Waals surface area contributed by atoms with Gasteiger partial charge in [-0.1, -0.05) is 26.0 Å². The summed E-state index contributed by atoms with van der Waals surface area (Å²) < 4.78 is 0. The van der Waals surface area contributed by atoms with Crippen LogP contribution in [0.2, 0.25) is 0 Å². The first kappa shape index (κ1) is 19.5. The third-order valence-electron chi connectivity index (χ3n) is 7.51. The Morgan fingerprint density at radius 3 is 2.00 bits per heavy atom. The van der Waals surface area contributed by atoms with Crippen molar-refractivity contribution < 1.29 is 9.59 Å². The minimum atomic E-state index is -0.0934. The molecule has 4 bridgehead atoms. The van der Waals surface area contributed by atoms with Gasteiger partial charge in [0.25, 0.3) is 5.91 Å². The molecule has 0 spiro atoms. The van der Waals surface area contributed by atoms with Crippen molar-refractivity contribution in [2.45, 2.75) is 77.8 Å². The van der Waals surface area contributed by atoms with Crippen LogP contribution in [0.15, 0.2) is 24.3 Å². The Morgan fingerprint density at radius 2 is 1.50 bits per heavy atom. The molecule has 0 unspecified atom stereocenters. The summed E-state index contributed by atoms with van der Waals surface area (Å²) in [5, 5.41) is 6.28. The highest BCUT2D eigenvalue weighted by Gasteiger charge is 2.54. The van der Waals surface area contributed by atoms with Crippen LogP contribution < -0.4 is 10.6 Å². The van der Waals surface area contributed by atoms with Crippen molar-refractivity contribution in [1.82, 2.24) is 10.6 Å². The van der Waals surface area contributed by atoms with Crippen molar-refractivity contribution >= 4 is 11.8 Å². The predicted octanol–water partition coefficient (Wildman–Crippen LogP) is 4.44. The molecule has 0 atom stereocenters. The highest BCUT2D eigenvalue weighted by Crippen LogP contribution is 2.60. The Balaban J connectivity index is 1.33. The number of rotatable bonds is 7. The molecular formula is C24H34N2O2. The van der Waals surface area contributed by atoms with Crippen LogP contribution in [0.1, 0.15) is 81.1 Å². The van der Waals surface area contributed by atoms with Crippen molar-refractivity contribution in [3.63, 3.8) is 0 Å². The Labute approximate surface area is 168 Å². The molecule has 4 aliphatic carbocycles. The van der Waals surface area contributed by atoms with Gasteiger partial charge in [-0.3, -0.25) is 9.59 Å². The van der Waals surface area contributed by atoms with Gasteiger partial charge in [0.05, 0.1) is 0 Å². The van der Waals surface area contributed by atoms with Crippen molar-refractivity contribution in [2.75, 3.05) is 0 Å². The normalized spacial score (nSPS) is 30.5. The van der Waals surface area contributed by atoms with Crippen LogP contribution in [0, 0.1) is 23.2 Å². The lowest BCUT2D eigenvalue weighted by Crippen LogP contribution is -2.53. The fourth-order valence-electron chi connectivity index (χ4n) is 6.29. The first-order chi connectivity index (χ1) is 13.5. The van der Waals surface area contributed by atoms with Crippen LogP contribution in [-0.4, -0.2) is 17.9 Å². The first-order valence-electron chi connectivity index (χ1n) is 11.2. The summed E-state index contributed by atoms with van der Waals surface area (Å²) in [6.07, 6.45) is 9.24. The van der Waals surface area contributed by atoms with Gasteiger partial charge in [-0.25, -0.2) is 0 Å². The third kappa shape index (κ3) is 3.83. The maximum atomic E-state index is 13.1. The van der Waals surface area contributed by atoms with E-state index in [1.807, 2.05) is 24.3 Å². The number of nitrogens with one attached hydrogen (secondary N) is 2. The third-order valence-corrected chi connectivity index (χ3v) is 7.51. The Hall–Kier alpha value is -1.84. The first-order valence-corrected chi connectivity index (χ1v) is 11.2. The minimum absolute atomic E-state index is 0.0159. The number of hydrogen-bond acceptors (Lipinski definition) is 2. The van der Waals surface area contributed by atoms with Gasteiger partial charge in [0, 0.05) is 23.6 Å². The van der Waals surface area contributed by atoms with Gasteiger partial charge in [0.15, 0.2) is 0 Å². The van der Waals surface area contributed by atoms with Crippen LogP contribution >= 0.6 is 0 Å². The zero-order chi connectivity index (χ0) is 19.7. The zero-order valence-corrected chi connectivity index (χ0v) is 17.3. The molecule has 2 amide bonds. The molecule has 0 saturated heterocycles. The van der Waals surface area contributed by atoms with Gasteiger partial charge in [-0.2, -0.15) is 0 Å². The molecule has 4 saturated carbocycles. The fourth-order valence-corrected chi connectivity index (χ4v) is 6.29. The molecule has 0 radical (unpaired) electrons. The molecule has 4 fully saturated rings. The molecule has 4 nitrogen and oxygen atoms in total. The van der Waals surface area contributed by atoms with Gasteiger partial charge in [0.2, 0.25) is 5.91 Å². The van der Waals surface area contributed by atoms with Crippen molar-refractivity contribution in [3.8, 4) is 0 Å². The molecule has 0 heterocycles. The van der Waals surface area contributed by atoms with E-state index in [4.69, 9.17) is 0 Å². The lowest BCUT2D eigenvalue weighted by Gasteiger charge is -2.55. The van der Waals surface area contributed by atoms with Crippen LogP contribution in [-0.2, 0) is 11.3 Å². The van der Waals surface area contributed by atoms with E-state index >= 15 is 0 Å². The molecule has 28 heavy (non-hydrogen) atoms. The molecule has 2 N–H and O–H groups in total. The molecule has 0 aliphatic heterocycles. The maximum Gasteiger partial charge on any atom is 0.251 e. The molecular weight excluding hydrogens is 348 g/mol. The summed E-state index contributed by atoms with van der Waals surface area (Å²) in [7, 11) is 0. The smallest absolute Gasteiger partial charge is 0.251 e. The summed E-state index contributed by atoms with van der Waals surface area (Å²) in [6, 6.07) is 7.88. The van der Waals surface area contributed by atoms with E-state index in [1.54, 1.807) is 0 Å². The van der Waals surface area contributed by atoms with E-state index in [0.717, 1.165) is 55.4 Å². The standard InChI is InChI=1S/C24H34N2O2/c1-3-21(4-2)26-22(27)20-7-5-16(6-8-20)15-25-23(28)24-12-17-9-18(13-24)11-19(10-17)14-24/h5-8,17-19,21H,3-4,9-15H2,1-2H3,(H,25,28)(H,26,27). The quantitative estimate of drug-likeness (QED) is 0.732. The van der Waals surface area contributed by atoms with E-state index in [9.17, 15) is 9.59 Å². The predicted molar refractivity (Wildman–Crippen MR) is 111 cm³/mol. The highest BCUT2D eigenvalue weighted by atomic mass is 16.2. The number of benzene rings is 1. The van der Waals surface area contributed by atoms with Crippen LogP contribution in [0.4, 0.5) is 0 Å². The lowest BCUT2D eigenvalue weighted by molar-refractivity contribution is -0.146.